The first-order chi connectivity index (χ1) is 16.3. The number of hydrogen-bond donors (Lipinski definition) is 2. The number of likely N-dealkylation sites (N-methyl/N-ethyl adjacent to an activating group) is 1. The van der Waals surface area contributed by atoms with Crippen molar-refractivity contribution < 1.29 is 13.7 Å². The fraction of sp³-hybridized carbons (Fsp3) is 0.500. The fourth-order valence-electron chi connectivity index (χ4n) is 4.25. The summed E-state index contributed by atoms with van der Waals surface area (Å²) in [4.78, 5) is 15.5. The van der Waals surface area contributed by atoms with Gasteiger partial charge in [0.2, 0.25) is 5.91 Å². The molecule has 1 aliphatic heterocycles. The average Bonchev–Trinajstić information content (AvgIpc) is 3.00. The number of hydrogen-bond acceptors (Lipinski definition) is 5. The standard InChI is InChI=1S/C26H38N4O3S/c1-19-16-24(33-5)17-20(2)26(19)34(32)30(4)15-10-25(31)28-12-11-27-23-7-6-21-8-13-29(3)14-9-22(21)18-23/h6-7,16-18,27H,8-15H2,1-5H3,(H,28,31). The molecule has 0 bridgehead atoms. The van der Waals surface area contributed by atoms with Crippen LogP contribution in [-0.4, -0.2) is 73.3 Å². The van der Waals surface area contributed by atoms with Gasteiger partial charge >= 0.3 is 0 Å². The van der Waals surface area contributed by atoms with Crippen LogP contribution >= 0.6 is 0 Å². The topological polar surface area (TPSA) is 73.9 Å². The van der Waals surface area contributed by atoms with Crippen molar-refractivity contribution in [2.24, 2.45) is 0 Å². The zero-order valence-corrected chi connectivity index (χ0v) is 21.9. The van der Waals surface area contributed by atoms with Crippen LogP contribution in [-0.2, 0) is 28.6 Å². The zero-order chi connectivity index (χ0) is 24.7. The summed E-state index contributed by atoms with van der Waals surface area (Å²) in [5, 5.41) is 6.36. The maximum absolute atomic E-state index is 13.0. The summed E-state index contributed by atoms with van der Waals surface area (Å²) in [6, 6.07) is 10.4. The van der Waals surface area contributed by atoms with Crippen LogP contribution < -0.4 is 15.4 Å². The molecule has 0 saturated heterocycles. The Balaban J connectivity index is 1.41. The summed E-state index contributed by atoms with van der Waals surface area (Å²) in [6.07, 6.45) is 2.46. The minimum Gasteiger partial charge on any atom is -0.497 e. The summed E-state index contributed by atoms with van der Waals surface area (Å²) in [6.45, 7) is 7.67. The molecular weight excluding hydrogens is 448 g/mol. The Bertz CT molecular complexity index is 1000. The third-order valence-corrected chi connectivity index (χ3v) is 8.03. The molecule has 186 valence electrons. The van der Waals surface area contributed by atoms with E-state index in [0.29, 0.717) is 26.1 Å². The van der Waals surface area contributed by atoms with Gasteiger partial charge in [0.1, 0.15) is 16.7 Å². The first-order valence-electron chi connectivity index (χ1n) is 11.9. The molecular formula is C26H38N4O3S. The highest BCUT2D eigenvalue weighted by Crippen LogP contribution is 2.25. The van der Waals surface area contributed by atoms with Gasteiger partial charge in [0, 0.05) is 51.9 Å². The van der Waals surface area contributed by atoms with Crippen molar-refractivity contribution in [3.8, 4) is 5.75 Å². The van der Waals surface area contributed by atoms with Crippen LogP contribution in [0.25, 0.3) is 0 Å². The van der Waals surface area contributed by atoms with Crippen LogP contribution in [0.5, 0.6) is 5.75 Å². The van der Waals surface area contributed by atoms with Gasteiger partial charge in [-0.05, 0) is 80.3 Å². The minimum atomic E-state index is -1.33. The highest BCUT2D eigenvalue weighted by molar-refractivity contribution is 7.82. The van der Waals surface area contributed by atoms with Gasteiger partial charge in [0.25, 0.3) is 0 Å². The summed E-state index contributed by atoms with van der Waals surface area (Å²) < 4.78 is 20.0. The SMILES string of the molecule is COc1cc(C)c(S(=O)N(C)CCC(=O)NCCNc2ccc3c(c2)CCN(C)CC3)c(C)c1. The van der Waals surface area contributed by atoms with Gasteiger partial charge in [-0.2, -0.15) is 0 Å². The van der Waals surface area contributed by atoms with Crippen molar-refractivity contribution in [3.05, 3.63) is 52.6 Å². The van der Waals surface area contributed by atoms with E-state index in [1.165, 1.54) is 11.1 Å². The summed E-state index contributed by atoms with van der Waals surface area (Å²) in [7, 11) is 4.24. The van der Waals surface area contributed by atoms with Gasteiger partial charge in [0.05, 0.1) is 12.0 Å². The predicted octanol–water partition coefficient (Wildman–Crippen LogP) is 2.92. The van der Waals surface area contributed by atoms with Crippen molar-refractivity contribution >= 4 is 22.6 Å². The van der Waals surface area contributed by atoms with Crippen LogP contribution in [0.4, 0.5) is 5.69 Å². The molecule has 34 heavy (non-hydrogen) atoms. The Kier molecular flexibility index (Phi) is 9.50. The van der Waals surface area contributed by atoms with Gasteiger partial charge in [-0.25, -0.2) is 8.51 Å². The van der Waals surface area contributed by atoms with E-state index in [1.54, 1.807) is 18.5 Å². The molecule has 0 spiro atoms. The van der Waals surface area contributed by atoms with Crippen LogP contribution in [0.2, 0.25) is 0 Å². The number of nitrogens with one attached hydrogen (secondary N) is 2. The van der Waals surface area contributed by atoms with Crippen LogP contribution in [0.3, 0.4) is 0 Å². The van der Waals surface area contributed by atoms with Gasteiger partial charge in [-0.15, -0.1) is 0 Å². The third kappa shape index (κ3) is 7.04. The van der Waals surface area contributed by atoms with Gasteiger partial charge in [-0.1, -0.05) is 6.07 Å². The predicted molar refractivity (Wildman–Crippen MR) is 139 cm³/mol. The highest BCUT2D eigenvalue weighted by atomic mass is 32.2. The van der Waals surface area contributed by atoms with Crippen LogP contribution in [0, 0.1) is 13.8 Å². The molecule has 2 aromatic carbocycles. The van der Waals surface area contributed by atoms with Gasteiger partial charge in [-0.3, -0.25) is 4.79 Å². The molecule has 1 aliphatic rings. The van der Waals surface area contributed by atoms with Crippen molar-refractivity contribution in [3.63, 3.8) is 0 Å². The second kappa shape index (κ2) is 12.3. The molecule has 0 aromatic heterocycles. The van der Waals surface area contributed by atoms with Crippen molar-refractivity contribution in [1.82, 2.24) is 14.5 Å². The molecule has 1 unspecified atom stereocenters. The Hall–Kier alpha value is -2.42. The molecule has 0 radical (unpaired) electrons. The second-order valence-electron chi connectivity index (χ2n) is 9.00. The molecule has 1 atom stereocenters. The lowest BCUT2D eigenvalue weighted by Crippen LogP contribution is -2.32. The largest absolute Gasteiger partial charge is 0.497 e. The quantitative estimate of drug-likeness (QED) is 0.505. The molecule has 2 N–H and O–H groups in total. The number of carbonyl (C=O) groups is 1. The zero-order valence-electron chi connectivity index (χ0n) is 21.1. The number of ether oxygens (including phenoxy) is 1. The molecule has 7 nitrogen and oxygen atoms in total. The number of aryl methyl sites for hydroxylation is 2. The molecule has 3 rings (SSSR count). The number of nitrogens with zero attached hydrogens (tertiary/aromatic N) is 2. The molecule has 0 fully saturated rings. The Morgan fingerprint density at radius 1 is 1.09 bits per heavy atom. The van der Waals surface area contributed by atoms with Gasteiger partial charge in [0.15, 0.2) is 0 Å². The highest BCUT2D eigenvalue weighted by Gasteiger charge is 2.18. The van der Waals surface area contributed by atoms with Crippen molar-refractivity contribution in [2.75, 3.05) is 59.2 Å². The number of carbonyl (C=O) groups excluding carboxylic acids is 1. The van der Waals surface area contributed by atoms with E-state index in [0.717, 1.165) is 53.4 Å². The van der Waals surface area contributed by atoms with Crippen molar-refractivity contribution in [2.45, 2.75) is 38.0 Å². The van der Waals surface area contributed by atoms with Crippen molar-refractivity contribution in [1.29, 1.82) is 0 Å². The number of anilines is 1. The lowest BCUT2D eigenvalue weighted by Gasteiger charge is -2.19. The van der Waals surface area contributed by atoms with E-state index in [1.807, 2.05) is 26.0 Å². The number of rotatable bonds is 10. The maximum atomic E-state index is 13.0. The van der Waals surface area contributed by atoms with Gasteiger partial charge < -0.3 is 20.3 Å². The van der Waals surface area contributed by atoms with E-state index in [-0.39, 0.29) is 5.91 Å². The molecule has 0 aliphatic carbocycles. The first-order valence-corrected chi connectivity index (χ1v) is 13.0. The number of methoxy groups -OCH3 is 1. The van der Waals surface area contributed by atoms with E-state index in [4.69, 9.17) is 4.74 Å². The Morgan fingerprint density at radius 2 is 1.76 bits per heavy atom. The minimum absolute atomic E-state index is 0.0428. The molecule has 0 saturated carbocycles. The summed E-state index contributed by atoms with van der Waals surface area (Å²) >= 11 is 0. The second-order valence-corrected chi connectivity index (χ2v) is 10.5. The van der Waals surface area contributed by atoms with E-state index >= 15 is 0 Å². The van der Waals surface area contributed by atoms with Crippen LogP contribution in [0.15, 0.2) is 35.2 Å². The Labute approximate surface area is 206 Å². The fourth-order valence-corrected chi connectivity index (χ4v) is 5.48. The molecule has 2 aromatic rings. The van der Waals surface area contributed by atoms with Crippen LogP contribution in [0.1, 0.15) is 28.7 Å². The Morgan fingerprint density at radius 3 is 2.44 bits per heavy atom. The number of benzene rings is 2. The van der Waals surface area contributed by atoms with E-state index < -0.39 is 11.0 Å². The lowest BCUT2D eigenvalue weighted by molar-refractivity contribution is -0.121. The smallest absolute Gasteiger partial charge is 0.221 e. The number of fused-ring (bicyclic) bond motifs is 1. The lowest BCUT2D eigenvalue weighted by atomic mass is 10.0. The summed E-state index contributed by atoms with van der Waals surface area (Å²) in [5.74, 6) is 0.712. The molecule has 1 amide bonds. The first kappa shape index (κ1) is 26.2. The summed E-state index contributed by atoms with van der Waals surface area (Å²) in [5.41, 5.74) is 5.78. The monoisotopic (exact) mass is 486 g/mol. The average molecular weight is 487 g/mol. The maximum Gasteiger partial charge on any atom is 0.221 e. The molecule has 8 heteroatoms. The normalized spacial score (nSPS) is 14.9. The third-order valence-electron chi connectivity index (χ3n) is 6.29. The molecule has 1 heterocycles. The van der Waals surface area contributed by atoms with E-state index in [2.05, 4.69) is 40.8 Å². The number of amides is 1. The van der Waals surface area contributed by atoms with E-state index in [9.17, 15) is 9.00 Å².